The second-order valence-corrected chi connectivity index (χ2v) is 6.68. The van der Waals surface area contributed by atoms with Gasteiger partial charge in [0.25, 0.3) is 0 Å². The maximum atomic E-state index is 12.8. The van der Waals surface area contributed by atoms with Crippen molar-refractivity contribution in [2.45, 2.75) is 6.42 Å². The first kappa shape index (κ1) is 14.3. The number of fused-ring (bicyclic) bond motifs is 1. The number of hydrogen-bond acceptors (Lipinski definition) is 3. The highest BCUT2D eigenvalue weighted by molar-refractivity contribution is 5.97. The van der Waals surface area contributed by atoms with Gasteiger partial charge in [-0.25, -0.2) is 0 Å². The van der Waals surface area contributed by atoms with Gasteiger partial charge in [-0.15, -0.1) is 0 Å². The second kappa shape index (κ2) is 5.11. The largest absolute Gasteiger partial charge is 0.495 e. The van der Waals surface area contributed by atoms with Gasteiger partial charge in [-0.3, -0.25) is 9.59 Å². The van der Waals surface area contributed by atoms with Gasteiger partial charge in [0.05, 0.1) is 24.6 Å². The molecular formula is C18H19NO4. The number of carbonyl (C=O) groups excluding carboxylic acids is 1. The van der Waals surface area contributed by atoms with Gasteiger partial charge in [-0.1, -0.05) is 24.3 Å². The molecule has 0 aliphatic heterocycles. The maximum Gasteiger partial charge on any atom is 0.307 e. The lowest BCUT2D eigenvalue weighted by Crippen LogP contribution is -2.48. The predicted molar refractivity (Wildman–Crippen MR) is 84.0 cm³/mol. The Morgan fingerprint density at radius 1 is 1.13 bits per heavy atom. The number of benzene rings is 1. The number of ether oxygens (including phenoxy) is 1. The summed E-state index contributed by atoms with van der Waals surface area (Å²) in [5.41, 5.74) is 0.585. The van der Waals surface area contributed by atoms with Gasteiger partial charge in [0.1, 0.15) is 5.75 Å². The molecule has 5 rings (SSSR count). The van der Waals surface area contributed by atoms with Crippen molar-refractivity contribution in [3.8, 4) is 5.75 Å². The average Bonchev–Trinajstić information content (AvgIpc) is 3.36. The van der Waals surface area contributed by atoms with Crippen LogP contribution in [0.25, 0.3) is 0 Å². The SMILES string of the molecule is COc1ccccc1NC(=O)[C@H]1[C@H]2C=C[C@@H]([C@@H]3C[C@H]23)[C@@H]1C(=O)O. The lowest BCUT2D eigenvalue weighted by atomic mass is 9.62. The predicted octanol–water partition coefficient (Wildman–Crippen LogP) is 2.40. The molecule has 4 aliphatic carbocycles. The van der Waals surface area contributed by atoms with E-state index in [1.807, 2.05) is 18.2 Å². The molecule has 1 aromatic rings. The van der Waals surface area contributed by atoms with E-state index in [2.05, 4.69) is 11.4 Å². The number of nitrogens with one attached hydrogen (secondary N) is 1. The zero-order valence-corrected chi connectivity index (χ0v) is 12.8. The highest BCUT2D eigenvalue weighted by atomic mass is 16.5. The number of carbonyl (C=O) groups is 2. The Kier molecular flexibility index (Phi) is 3.18. The van der Waals surface area contributed by atoms with Crippen molar-refractivity contribution >= 4 is 17.6 Å². The quantitative estimate of drug-likeness (QED) is 0.837. The van der Waals surface area contributed by atoms with Gasteiger partial charge >= 0.3 is 5.97 Å². The van der Waals surface area contributed by atoms with Crippen LogP contribution in [0, 0.1) is 35.5 Å². The fourth-order valence-corrected chi connectivity index (χ4v) is 4.53. The minimum Gasteiger partial charge on any atom is -0.495 e. The molecule has 0 spiro atoms. The molecular weight excluding hydrogens is 294 g/mol. The van der Waals surface area contributed by atoms with E-state index in [9.17, 15) is 14.7 Å². The number of allylic oxidation sites excluding steroid dienone is 2. The van der Waals surface area contributed by atoms with Crippen molar-refractivity contribution in [2.75, 3.05) is 12.4 Å². The van der Waals surface area contributed by atoms with Crippen LogP contribution >= 0.6 is 0 Å². The fraction of sp³-hybridized carbons (Fsp3) is 0.444. The smallest absolute Gasteiger partial charge is 0.307 e. The fourth-order valence-electron chi connectivity index (χ4n) is 4.53. The molecule has 0 saturated heterocycles. The Balaban J connectivity index is 1.62. The molecule has 2 fully saturated rings. The summed E-state index contributed by atoms with van der Waals surface area (Å²) < 4.78 is 5.25. The van der Waals surface area contributed by atoms with Crippen LogP contribution < -0.4 is 10.1 Å². The molecule has 120 valence electrons. The highest BCUT2D eigenvalue weighted by Crippen LogP contribution is 2.63. The molecule has 0 aromatic heterocycles. The van der Waals surface area contributed by atoms with Gasteiger partial charge in [0, 0.05) is 0 Å². The summed E-state index contributed by atoms with van der Waals surface area (Å²) in [4.78, 5) is 24.6. The molecule has 6 atom stereocenters. The Morgan fingerprint density at radius 2 is 1.78 bits per heavy atom. The number of rotatable bonds is 4. The minimum absolute atomic E-state index is 0.00378. The molecule has 23 heavy (non-hydrogen) atoms. The summed E-state index contributed by atoms with van der Waals surface area (Å²) in [6.45, 7) is 0. The van der Waals surface area contributed by atoms with Crippen molar-refractivity contribution in [1.82, 2.24) is 0 Å². The van der Waals surface area contributed by atoms with E-state index in [1.54, 1.807) is 19.2 Å². The summed E-state index contributed by atoms with van der Waals surface area (Å²) >= 11 is 0. The third kappa shape index (κ3) is 2.14. The molecule has 1 aromatic carbocycles. The topological polar surface area (TPSA) is 75.6 Å². The molecule has 5 heteroatoms. The number of aliphatic carboxylic acids is 1. The lowest BCUT2D eigenvalue weighted by Gasteiger charge is -2.41. The Labute approximate surface area is 134 Å². The van der Waals surface area contributed by atoms with Crippen LogP contribution in [0.15, 0.2) is 36.4 Å². The number of methoxy groups -OCH3 is 1. The molecule has 0 radical (unpaired) electrons. The third-order valence-electron chi connectivity index (χ3n) is 5.60. The number of carboxylic acid groups (broad SMARTS) is 1. The van der Waals surface area contributed by atoms with E-state index in [1.165, 1.54) is 0 Å². The van der Waals surface area contributed by atoms with Crippen molar-refractivity contribution < 1.29 is 19.4 Å². The highest BCUT2D eigenvalue weighted by Gasteiger charge is 2.62. The summed E-state index contributed by atoms with van der Waals surface area (Å²) in [7, 11) is 1.55. The van der Waals surface area contributed by atoms with Gasteiger partial charge < -0.3 is 15.2 Å². The maximum absolute atomic E-state index is 12.8. The molecule has 2 N–H and O–H groups in total. The number of amides is 1. The Morgan fingerprint density at radius 3 is 2.43 bits per heavy atom. The van der Waals surface area contributed by atoms with E-state index in [-0.39, 0.29) is 17.7 Å². The first-order chi connectivity index (χ1) is 11.1. The zero-order chi connectivity index (χ0) is 16.1. The normalized spacial score (nSPS) is 36.2. The van der Waals surface area contributed by atoms with Crippen LogP contribution in [0.3, 0.4) is 0 Å². The third-order valence-corrected chi connectivity index (χ3v) is 5.60. The van der Waals surface area contributed by atoms with Crippen LogP contribution in [0.4, 0.5) is 5.69 Å². The van der Waals surface area contributed by atoms with E-state index < -0.39 is 17.8 Å². The van der Waals surface area contributed by atoms with E-state index in [0.717, 1.165) is 6.42 Å². The minimum atomic E-state index is -0.866. The number of hydrogen-bond donors (Lipinski definition) is 2. The Hall–Kier alpha value is -2.30. The summed E-state index contributed by atoms with van der Waals surface area (Å²) in [5.74, 6) is -0.651. The van der Waals surface area contributed by atoms with Gasteiger partial charge in [-0.2, -0.15) is 0 Å². The van der Waals surface area contributed by atoms with Crippen LogP contribution in [-0.4, -0.2) is 24.1 Å². The summed E-state index contributed by atoms with van der Waals surface area (Å²) in [6, 6.07) is 7.18. The Bertz CT molecular complexity index is 698. The molecule has 2 saturated carbocycles. The van der Waals surface area contributed by atoms with E-state index >= 15 is 0 Å². The van der Waals surface area contributed by atoms with E-state index in [4.69, 9.17) is 4.74 Å². The van der Waals surface area contributed by atoms with Crippen LogP contribution in [0.2, 0.25) is 0 Å². The average molecular weight is 313 g/mol. The number of anilines is 1. The van der Waals surface area contributed by atoms with Crippen LogP contribution in [0.1, 0.15) is 6.42 Å². The van der Waals surface area contributed by atoms with Gasteiger partial charge in [0.15, 0.2) is 0 Å². The summed E-state index contributed by atoms with van der Waals surface area (Å²) in [5, 5.41) is 12.5. The van der Waals surface area contributed by atoms with Gasteiger partial charge in [0.2, 0.25) is 5.91 Å². The molecule has 2 bridgehead atoms. The van der Waals surface area contributed by atoms with Crippen molar-refractivity contribution in [3.05, 3.63) is 36.4 Å². The molecule has 1 amide bonds. The molecule has 0 unspecified atom stereocenters. The molecule has 0 heterocycles. The summed E-state index contributed by atoms with van der Waals surface area (Å²) in [6.07, 6.45) is 5.12. The van der Waals surface area contributed by atoms with Crippen molar-refractivity contribution in [1.29, 1.82) is 0 Å². The molecule has 4 aliphatic rings. The number of para-hydroxylation sites is 2. The number of carboxylic acids is 1. The van der Waals surface area contributed by atoms with Crippen LogP contribution in [0.5, 0.6) is 5.75 Å². The van der Waals surface area contributed by atoms with Crippen molar-refractivity contribution in [3.63, 3.8) is 0 Å². The molecule has 5 nitrogen and oxygen atoms in total. The van der Waals surface area contributed by atoms with Crippen LogP contribution in [-0.2, 0) is 9.59 Å². The standard InChI is InChI=1S/C18H19NO4/c1-23-14-5-3-2-4-13(14)19-17(20)15-9-6-7-10(12-8-11(9)12)16(15)18(21)22/h2-7,9-12,15-16H,8H2,1H3,(H,19,20)(H,21,22)/t9-,10-,11+,12-,15-,16-/m0/s1. The monoisotopic (exact) mass is 313 g/mol. The zero-order valence-electron chi connectivity index (χ0n) is 12.8. The van der Waals surface area contributed by atoms with E-state index in [0.29, 0.717) is 23.3 Å². The lowest BCUT2D eigenvalue weighted by molar-refractivity contribution is -0.152. The van der Waals surface area contributed by atoms with Crippen molar-refractivity contribution in [2.24, 2.45) is 35.5 Å². The van der Waals surface area contributed by atoms with Gasteiger partial charge in [-0.05, 0) is 42.2 Å². The first-order valence-electron chi connectivity index (χ1n) is 7.97. The second-order valence-electron chi connectivity index (χ2n) is 6.68. The first-order valence-corrected chi connectivity index (χ1v) is 7.97.